The average molecular weight is 425 g/mol. The summed E-state index contributed by atoms with van der Waals surface area (Å²) in [5.41, 5.74) is 0.828. The predicted molar refractivity (Wildman–Crippen MR) is 107 cm³/mol. The van der Waals surface area contributed by atoms with Crippen molar-refractivity contribution in [3.05, 3.63) is 58.6 Å². The number of carboxylic acids is 1. The van der Waals surface area contributed by atoms with E-state index in [4.69, 9.17) is 20.5 Å². The number of unbranched alkanes of at least 4 members (excludes halogenated alkanes) is 1. The van der Waals surface area contributed by atoms with Gasteiger partial charge in [-0.15, -0.1) is 0 Å². The first-order chi connectivity index (χ1) is 13.3. The van der Waals surface area contributed by atoms with Crippen molar-refractivity contribution < 1.29 is 27.2 Å². The molecule has 8 heteroatoms. The van der Waals surface area contributed by atoms with Gasteiger partial charge in [-0.05, 0) is 48.7 Å². The third-order valence-corrected chi connectivity index (χ3v) is 5.64. The van der Waals surface area contributed by atoms with Crippen molar-refractivity contribution in [3.63, 3.8) is 0 Å². The van der Waals surface area contributed by atoms with Gasteiger partial charge in [0, 0.05) is 5.57 Å². The first kappa shape index (κ1) is 21.8. The summed E-state index contributed by atoms with van der Waals surface area (Å²) in [6.45, 7) is 1.98. The average Bonchev–Trinajstić information content (AvgIpc) is 2.65. The standard InChI is InChI=1S/C20H21ClO6S/c1-3-4-7-15(20(22)23)12-14-10-11-17(18(13-14)26-2)27-28(24,25)19-9-6-5-8-16(19)21/h5-6,8-13H,3-4,7H2,1-2H3,(H,22,23). The minimum Gasteiger partial charge on any atom is -0.493 e. The van der Waals surface area contributed by atoms with E-state index in [9.17, 15) is 18.3 Å². The molecule has 0 spiro atoms. The van der Waals surface area contributed by atoms with E-state index >= 15 is 0 Å². The van der Waals surface area contributed by atoms with Crippen LogP contribution < -0.4 is 8.92 Å². The van der Waals surface area contributed by atoms with Crippen LogP contribution in [-0.2, 0) is 14.9 Å². The normalized spacial score (nSPS) is 11.9. The second-order valence-corrected chi connectivity index (χ2v) is 7.88. The molecule has 0 aliphatic carbocycles. The second-order valence-electron chi connectivity index (χ2n) is 5.96. The van der Waals surface area contributed by atoms with Gasteiger partial charge in [-0.25, -0.2) is 4.79 Å². The van der Waals surface area contributed by atoms with Gasteiger partial charge in [-0.1, -0.05) is 43.1 Å². The summed E-state index contributed by atoms with van der Waals surface area (Å²) in [5.74, 6) is -0.858. The monoisotopic (exact) mass is 424 g/mol. The molecule has 0 aliphatic heterocycles. The Balaban J connectivity index is 2.35. The van der Waals surface area contributed by atoms with E-state index in [0.717, 1.165) is 12.8 Å². The van der Waals surface area contributed by atoms with Gasteiger partial charge in [0.1, 0.15) is 4.90 Å². The third-order valence-electron chi connectivity index (χ3n) is 3.91. The molecule has 0 saturated heterocycles. The van der Waals surface area contributed by atoms with Gasteiger partial charge in [0.15, 0.2) is 11.5 Å². The summed E-state index contributed by atoms with van der Waals surface area (Å²) in [7, 11) is -2.79. The maximum Gasteiger partial charge on any atom is 0.340 e. The number of aliphatic carboxylic acids is 1. The minimum absolute atomic E-state index is 0.0231. The Bertz CT molecular complexity index is 982. The maximum atomic E-state index is 12.5. The molecule has 0 radical (unpaired) electrons. The molecule has 0 unspecified atom stereocenters. The topological polar surface area (TPSA) is 89.9 Å². The lowest BCUT2D eigenvalue weighted by atomic mass is 10.1. The quantitative estimate of drug-likeness (QED) is 0.460. The van der Waals surface area contributed by atoms with E-state index in [1.54, 1.807) is 12.1 Å². The SMILES string of the molecule is CCCCC(=Cc1ccc(OS(=O)(=O)c2ccccc2Cl)c(OC)c1)C(=O)O. The number of rotatable bonds is 9. The highest BCUT2D eigenvalue weighted by atomic mass is 35.5. The number of ether oxygens (including phenoxy) is 1. The molecular weight excluding hydrogens is 404 g/mol. The molecule has 0 heterocycles. The van der Waals surface area contributed by atoms with E-state index < -0.39 is 16.1 Å². The first-order valence-corrected chi connectivity index (χ1v) is 10.4. The lowest BCUT2D eigenvalue weighted by molar-refractivity contribution is -0.132. The van der Waals surface area contributed by atoms with E-state index in [0.29, 0.717) is 12.0 Å². The van der Waals surface area contributed by atoms with Gasteiger partial charge < -0.3 is 14.0 Å². The molecule has 0 bridgehead atoms. The van der Waals surface area contributed by atoms with Gasteiger partial charge >= 0.3 is 16.1 Å². The van der Waals surface area contributed by atoms with E-state index in [1.165, 1.54) is 43.5 Å². The number of benzene rings is 2. The fourth-order valence-electron chi connectivity index (χ4n) is 2.46. The van der Waals surface area contributed by atoms with Crippen molar-refractivity contribution in [2.24, 2.45) is 0 Å². The fourth-order valence-corrected chi connectivity index (χ4v) is 3.90. The number of hydrogen-bond donors (Lipinski definition) is 1. The van der Waals surface area contributed by atoms with Crippen LogP contribution >= 0.6 is 11.6 Å². The molecule has 2 aromatic carbocycles. The summed E-state index contributed by atoms with van der Waals surface area (Å²) < 4.78 is 35.4. The maximum absolute atomic E-state index is 12.5. The fraction of sp³-hybridized carbons (Fsp3) is 0.250. The molecule has 1 N–H and O–H groups in total. The van der Waals surface area contributed by atoms with Gasteiger partial charge in [-0.3, -0.25) is 0 Å². The Hall–Kier alpha value is -2.51. The molecule has 6 nitrogen and oxygen atoms in total. The van der Waals surface area contributed by atoms with Crippen molar-refractivity contribution >= 4 is 33.8 Å². The molecule has 28 heavy (non-hydrogen) atoms. The molecule has 0 aliphatic rings. The largest absolute Gasteiger partial charge is 0.493 e. The third kappa shape index (κ3) is 5.50. The molecule has 0 aromatic heterocycles. The Kier molecular flexibility index (Phi) is 7.48. The van der Waals surface area contributed by atoms with Crippen molar-refractivity contribution in [2.45, 2.75) is 31.1 Å². The molecule has 0 fully saturated rings. The highest BCUT2D eigenvalue weighted by molar-refractivity contribution is 7.87. The first-order valence-electron chi connectivity index (χ1n) is 8.59. The summed E-state index contributed by atoms with van der Waals surface area (Å²) in [4.78, 5) is 11.2. The zero-order chi connectivity index (χ0) is 20.7. The van der Waals surface area contributed by atoms with Gasteiger partial charge in [-0.2, -0.15) is 8.42 Å². The van der Waals surface area contributed by atoms with Crippen LogP contribution in [0.4, 0.5) is 0 Å². The van der Waals surface area contributed by atoms with Crippen LogP contribution in [0.5, 0.6) is 11.5 Å². The molecule has 2 aromatic rings. The van der Waals surface area contributed by atoms with Crippen LogP contribution in [0.3, 0.4) is 0 Å². The predicted octanol–water partition coefficient (Wildman–Crippen LogP) is 4.77. The van der Waals surface area contributed by atoms with Gasteiger partial charge in [0.25, 0.3) is 0 Å². The van der Waals surface area contributed by atoms with Crippen LogP contribution in [0.2, 0.25) is 5.02 Å². The highest BCUT2D eigenvalue weighted by Gasteiger charge is 2.22. The molecule has 150 valence electrons. The lowest BCUT2D eigenvalue weighted by Crippen LogP contribution is -2.11. The zero-order valence-corrected chi connectivity index (χ0v) is 17.1. The molecule has 2 rings (SSSR count). The summed E-state index contributed by atoms with van der Waals surface area (Å²) in [5, 5.41) is 9.38. The number of hydrogen-bond acceptors (Lipinski definition) is 5. The Morgan fingerprint density at radius 1 is 1.18 bits per heavy atom. The van der Waals surface area contributed by atoms with Crippen LogP contribution in [0, 0.1) is 0 Å². The summed E-state index contributed by atoms with van der Waals surface area (Å²) in [6.07, 6.45) is 3.60. The molecule has 0 amide bonds. The van der Waals surface area contributed by atoms with Crippen LogP contribution in [0.1, 0.15) is 31.7 Å². The van der Waals surface area contributed by atoms with Crippen molar-refractivity contribution in [1.82, 2.24) is 0 Å². The number of carbonyl (C=O) groups is 1. The molecule has 0 saturated carbocycles. The number of methoxy groups -OCH3 is 1. The summed E-state index contributed by atoms with van der Waals surface area (Å²) >= 11 is 5.95. The Labute approximate surface area is 169 Å². The van der Waals surface area contributed by atoms with Crippen molar-refractivity contribution in [3.8, 4) is 11.5 Å². The molecular formula is C20H21ClO6S. The minimum atomic E-state index is -4.16. The number of halogens is 1. The van der Waals surface area contributed by atoms with E-state index in [2.05, 4.69) is 0 Å². The Morgan fingerprint density at radius 2 is 1.89 bits per heavy atom. The summed E-state index contributed by atoms with van der Waals surface area (Å²) in [6, 6.07) is 10.4. The molecule has 0 atom stereocenters. The van der Waals surface area contributed by atoms with E-state index in [-0.39, 0.29) is 27.0 Å². The van der Waals surface area contributed by atoms with Crippen LogP contribution in [0.15, 0.2) is 52.9 Å². The van der Waals surface area contributed by atoms with Crippen molar-refractivity contribution in [2.75, 3.05) is 7.11 Å². The number of carboxylic acid groups (broad SMARTS) is 1. The van der Waals surface area contributed by atoms with Gasteiger partial charge in [0.05, 0.1) is 12.1 Å². The van der Waals surface area contributed by atoms with Crippen LogP contribution in [-0.4, -0.2) is 26.6 Å². The smallest absolute Gasteiger partial charge is 0.340 e. The van der Waals surface area contributed by atoms with Crippen LogP contribution in [0.25, 0.3) is 6.08 Å². The second kappa shape index (κ2) is 9.61. The van der Waals surface area contributed by atoms with Gasteiger partial charge in [0.2, 0.25) is 0 Å². The lowest BCUT2D eigenvalue weighted by Gasteiger charge is -2.12. The van der Waals surface area contributed by atoms with E-state index in [1.807, 2.05) is 6.92 Å². The highest BCUT2D eigenvalue weighted by Crippen LogP contribution is 2.33. The Morgan fingerprint density at radius 3 is 2.50 bits per heavy atom. The zero-order valence-electron chi connectivity index (χ0n) is 15.5. The van der Waals surface area contributed by atoms with Crippen molar-refractivity contribution in [1.29, 1.82) is 0 Å².